The zero-order valence-electron chi connectivity index (χ0n) is 11.9. The highest BCUT2D eigenvalue weighted by molar-refractivity contribution is 5.18. The van der Waals surface area contributed by atoms with Crippen molar-refractivity contribution in [3.05, 3.63) is 29.6 Å². The van der Waals surface area contributed by atoms with E-state index in [2.05, 4.69) is 35.9 Å². The van der Waals surface area contributed by atoms with Crippen LogP contribution in [-0.2, 0) is 6.54 Å². The highest BCUT2D eigenvalue weighted by Crippen LogP contribution is 2.23. The molecule has 0 spiro atoms. The Morgan fingerprint density at radius 1 is 1.33 bits per heavy atom. The Kier molecular flexibility index (Phi) is 5.18. The second-order valence-corrected chi connectivity index (χ2v) is 5.61. The largest absolute Gasteiger partial charge is 0.299 e. The lowest BCUT2D eigenvalue weighted by Gasteiger charge is -2.32. The highest BCUT2D eigenvalue weighted by atomic mass is 15.1. The van der Waals surface area contributed by atoms with Crippen LogP contribution in [0.1, 0.15) is 50.3 Å². The van der Waals surface area contributed by atoms with Gasteiger partial charge in [0.05, 0.1) is 0 Å². The fourth-order valence-electron chi connectivity index (χ4n) is 2.85. The molecule has 1 saturated heterocycles. The van der Waals surface area contributed by atoms with Crippen LogP contribution in [0.2, 0.25) is 0 Å². The number of hydrogen-bond acceptors (Lipinski definition) is 2. The van der Waals surface area contributed by atoms with Crippen LogP contribution in [0, 0.1) is 12.8 Å². The Morgan fingerprint density at radius 2 is 2.11 bits per heavy atom. The Morgan fingerprint density at radius 3 is 2.78 bits per heavy atom. The van der Waals surface area contributed by atoms with Crippen LogP contribution in [0.25, 0.3) is 0 Å². The summed E-state index contributed by atoms with van der Waals surface area (Å²) in [6, 6.07) is 4.27. The van der Waals surface area contributed by atoms with Crippen LogP contribution in [0.3, 0.4) is 0 Å². The van der Waals surface area contributed by atoms with E-state index >= 15 is 0 Å². The fraction of sp³-hybridized carbons (Fsp3) is 0.688. The van der Waals surface area contributed by atoms with Crippen LogP contribution in [0.15, 0.2) is 18.3 Å². The Labute approximate surface area is 111 Å². The lowest BCUT2D eigenvalue weighted by Crippen LogP contribution is -2.33. The van der Waals surface area contributed by atoms with Crippen molar-refractivity contribution < 1.29 is 0 Å². The van der Waals surface area contributed by atoms with Crippen molar-refractivity contribution in [3.8, 4) is 0 Å². The third-order valence-electron chi connectivity index (χ3n) is 4.18. The number of aryl methyl sites for hydroxylation is 1. The number of rotatable bonds is 5. The molecular weight excluding hydrogens is 220 g/mol. The number of piperidine rings is 1. The maximum absolute atomic E-state index is 4.37. The molecule has 0 unspecified atom stereocenters. The van der Waals surface area contributed by atoms with E-state index in [0.29, 0.717) is 0 Å². The Balaban J connectivity index is 1.78. The number of hydrogen-bond donors (Lipinski definition) is 0. The van der Waals surface area contributed by atoms with Gasteiger partial charge in [0, 0.05) is 18.4 Å². The highest BCUT2D eigenvalue weighted by Gasteiger charge is 2.19. The molecule has 0 atom stereocenters. The third kappa shape index (κ3) is 3.81. The molecule has 1 aliphatic heterocycles. The van der Waals surface area contributed by atoms with Crippen LogP contribution in [-0.4, -0.2) is 23.0 Å². The monoisotopic (exact) mass is 246 g/mol. The quantitative estimate of drug-likeness (QED) is 0.785. The van der Waals surface area contributed by atoms with Crippen LogP contribution in [0.4, 0.5) is 0 Å². The van der Waals surface area contributed by atoms with E-state index in [4.69, 9.17) is 0 Å². The molecule has 0 bridgehead atoms. The first-order valence-corrected chi connectivity index (χ1v) is 7.42. The Bertz CT molecular complexity index is 354. The predicted octanol–water partition coefficient (Wildman–Crippen LogP) is 3.79. The maximum atomic E-state index is 4.37. The molecule has 0 saturated carbocycles. The molecule has 1 aromatic rings. The number of aromatic nitrogens is 1. The molecule has 18 heavy (non-hydrogen) atoms. The van der Waals surface area contributed by atoms with Gasteiger partial charge in [0.2, 0.25) is 0 Å². The average Bonchev–Trinajstić information content (AvgIpc) is 2.41. The summed E-state index contributed by atoms with van der Waals surface area (Å²) >= 11 is 0. The van der Waals surface area contributed by atoms with Crippen LogP contribution in [0.5, 0.6) is 0 Å². The summed E-state index contributed by atoms with van der Waals surface area (Å²) in [6.45, 7) is 8.02. The van der Waals surface area contributed by atoms with Crippen molar-refractivity contribution in [2.24, 2.45) is 5.92 Å². The van der Waals surface area contributed by atoms with Crippen molar-refractivity contribution >= 4 is 0 Å². The van der Waals surface area contributed by atoms with Gasteiger partial charge in [-0.25, -0.2) is 0 Å². The van der Waals surface area contributed by atoms with Gasteiger partial charge >= 0.3 is 0 Å². The van der Waals surface area contributed by atoms with Crippen LogP contribution >= 0.6 is 0 Å². The predicted molar refractivity (Wildman–Crippen MR) is 76.5 cm³/mol. The molecule has 2 heterocycles. The fourth-order valence-corrected chi connectivity index (χ4v) is 2.85. The molecular formula is C16H26N2. The summed E-state index contributed by atoms with van der Waals surface area (Å²) in [5.41, 5.74) is 2.58. The molecule has 2 rings (SSSR count). The standard InChI is InChI=1S/C16H26N2/c1-3-4-6-15-8-11-18(12-9-15)13-16-7-5-10-17-14(16)2/h5,7,10,15H,3-4,6,8-9,11-13H2,1-2H3. The van der Waals surface area contributed by atoms with E-state index < -0.39 is 0 Å². The minimum absolute atomic E-state index is 0.983. The lowest BCUT2D eigenvalue weighted by atomic mass is 9.91. The molecule has 1 aliphatic rings. The first-order chi connectivity index (χ1) is 8.79. The topological polar surface area (TPSA) is 16.1 Å². The number of pyridine rings is 1. The summed E-state index contributed by atoms with van der Waals surface area (Å²) < 4.78 is 0. The van der Waals surface area contributed by atoms with Gasteiger partial charge in [-0.15, -0.1) is 0 Å². The summed E-state index contributed by atoms with van der Waals surface area (Å²) in [4.78, 5) is 6.96. The minimum Gasteiger partial charge on any atom is -0.299 e. The normalized spacial score (nSPS) is 18.1. The molecule has 0 aromatic carbocycles. The zero-order valence-corrected chi connectivity index (χ0v) is 11.9. The molecule has 0 aliphatic carbocycles. The molecule has 2 nitrogen and oxygen atoms in total. The van der Waals surface area contributed by atoms with Crippen molar-refractivity contribution in [3.63, 3.8) is 0 Å². The van der Waals surface area contributed by atoms with Gasteiger partial charge in [-0.2, -0.15) is 0 Å². The van der Waals surface area contributed by atoms with Crippen molar-refractivity contribution in [2.75, 3.05) is 13.1 Å². The molecule has 2 heteroatoms. The van der Waals surface area contributed by atoms with Crippen molar-refractivity contribution in [1.29, 1.82) is 0 Å². The Hall–Kier alpha value is -0.890. The smallest absolute Gasteiger partial charge is 0.0417 e. The minimum atomic E-state index is 0.983. The maximum Gasteiger partial charge on any atom is 0.0417 e. The van der Waals surface area contributed by atoms with Gasteiger partial charge in [0.15, 0.2) is 0 Å². The van der Waals surface area contributed by atoms with Gasteiger partial charge in [0.1, 0.15) is 0 Å². The number of unbranched alkanes of at least 4 members (excludes halogenated alkanes) is 1. The van der Waals surface area contributed by atoms with Gasteiger partial charge in [0.25, 0.3) is 0 Å². The second-order valence-electron chi connectivity index (χ2n) is 5.61. The molecule has 1 aromatic heterocycles. The summed E-state index contributed by atoms with van der Waals surface area (Å²) in [5.74, 6) is 0.983. The summed E-state index contributed by atoms with van der Waals surface area (Å²) in [5, 5.41) is 0. The molecule has 0 amide bonds. The average molecular weight is 246 g/mol. The van der Waals surface area contributed by atoms with Crippen molar-refractivity contribution in [1.82, 2.24) is 9.88 Å². The van der Waals surface area contributed by atoms with E-state index in [1.807, 2.05) is 6.20 Å². The molecule has 100 valence electrons. The first-order valence-electron chi connectivity index (χ1n) is 7.42. The first kappa shape index (κ1) is 13.5. The van der Waals surface area contributed by atoms with Gasteiger partial charge in [-0.1, -0.05) is 32.3 Å². The molecule has 1 fully saturated rings. The lowest BCUT2D eigenvalue weighted by molar-refractivity contribution is 0.170. The van der Waals surface area contributed by atoms with Gasteiger partial charge in [-0.05, 0) is 50.4 Å². The zero-order chi connectivity index (χ0) is 12.8. The van der Waals surface area contributed by atoms with E-state index in [1.165, 1.54) is 56.5 Å². The van der Waals surface area contributed by atoms with Gasteiger partial charge in [-0.3, -0.25) is 9.88 Å². The van der Waals surface area contributed by atoms with E-state index in [9.17, 15) is 0 Å². The SMILES string of the molecule is CCCCC1CCN(Cc2cccnc2C)CC1. The van der Waals surface area contributed by atoms with Gasteiger partial charge < -0.3 is 0 Å². The van der Waals surface area contributed by atoms with E-state index in [0.717, 1.165) is 12.5 Å². The summed E-state index contributed by atoms with van der Waals surface area (Å²) in [6.07, 6.45) is 8.85. The second kappa shape index (κ2) is 6.89. The molecule has 0 N–H and O–H groups in total. The number of likely N-dealkylation sites (tertiary alicyclic amines) is 1. The van der Waals surface area contributed by atoms with E-state index in [1.54, 1.807) is 0 Å². The summed E-state index contributed by atoms with van der Waals surface area (Å²) in [7, 11) is 0. The van der Waals surface area contributed by atoms with E-state index in [-0.39, 0.29) is 0 Å². The van der Waals surface area contributed by atoms with Crippen molar-refractivity contribution in [2.45, 2.75) is 52.5 Å². The number of nitrogens with zero attached hydrogens (tertiary/aromatic N) is 2. The third-order valence-corrected chi connectivity index (χ3v) is 4.18. The van der Waals surface area contributed by atoms with Crippen LogP contribution < -0.4 is 0 Å². The molecule has 0 radical (unpaired) electrons.